The lowest BCUT2D eigenvalue weighted by molar-refractivity contribution is 0.340. The molecule has 0 amide bonds. The molecule has 0 aliphatic heterocycles. The number of aromatic nitrogens is 2. The van der Waals surface area contributed by atoms with Crippen molar-refractivity contribution in [1.29, 1.82) is 0 Å². The van der Waals surface area contributed by atoms with E-state index in [0.29, 0.717) is 23.7 Å². The Bertz CT molecular complexity index is 794. The van der Waals surface area contributed by atoms with Gasteiger partial charge in [0.15, 0.2) is 0 Å². The molecule has 0 saturated carbocycles. The molecule has 5 nitrogen and oxygen atoms in total. The van der Waals surface area contributed by atoms with E-state index in [4.69, 9.17) is 9.47 Å². The maximum atomic E-state index is 10.0. The van der Waals surface area contributed by atoms with Gasteiger partial charge in [-0.1, -0.05) is 0 Å². The summed E-state index contributed by atoms with van der Waals surface area (Å²) in [5, 5.41) is 10.0. The minimum atomic E-state index is 0.151. The molecular weight excluding hydrogens is 292 g/mol. The lowest BCUT2D eigenvalue weighted by Crippen LogP contribution is -1.90. The highest BCUT2D eigenvalue weighted by Crippen LogP contribution is 2.32. The third-order valence-corrected chi connectivity index (χ3v) is 3.51. The molecule has 0 fully saturated rings. The molecule has 0 aliphatic rings. The SMILES string of the molecule is CCOc1ccc(-c2cnc(-c3cc(OC)ccc3O)[nH]2)cc1. The first kappa shape index (κ1) is 15.0. The van der Waals surface area contributed by atoms with E-state index in [9.17, 15) is 5.11 Å². The Kier molecular flexibility index (Phi) is 4.19. The minimum absolute atomic E-state index is 0.151. The monoisotopic (exact) mass is 310 g/mol. The van der Waals surface area contributed by atoms with Gasteiger partial charge in [0.05, 0.1) is 31.2 Å². The Balaban J connectivity index is 1.91. The second-order valence-corrected chi connectivity index (χ2v) is 4.99. The largest absolute Gasteiger partial charge is 0.507 e. The summed E-state index contributed by atoms with van der Waals surface area (Å²) in [5.41, 5.74) is 2.46. The molecule has 0 atom stereocenters. The van der Waals surface area contributed by atoms with Crippen molar-refractivity contribution < 1.29 is 14.6 Å². The molecule has 0 spiro atoms. The van der Waals surface area contributed by atoms with Gasteiger partial charge in [-0.3, -0.25) is 0 Å². The summed E-state index contributed by atoms with van der Waals surface area (Å²) < 4.78 is 10.6. The van der Waals surface area contributed by atoms with Gasteiger partial charge in [-0.15, -0.1) is 0 Å². The number of methoxy groups -OCH3 is 1. The van der Waals surface area contributed by atoms with Crippen molar-refractivity contribution in [3.63, 3.8) is 0 Å². The van der Waals surface area contributed by atoms with Crippen molar-refractivity contribution in [2.45, 2.75) is 6.92 Å². The van der Waals surface area contributed by atoms with Gasteiger partial charge >= 0.3 is 0 Å². The van der Waals surface area contributed by atoms with Gasteiger partial charge in [0.1, 0.15) is 23.1 Å². The van der Waals surface area contributed by atoms with Crippen molar-refractivity contribution in [3.05, 3.63) is 48.7 Å². The first-order valence-corrected chi connectivity index (χ1v) is 7.37. The van der Waals surface area contributed by atoms with E-state index < -0.39 is 0 Å². The maximum Gasteiger partial charge on any atom is 0.141 e. The number of H-pyrrole nitrogens is 1. The highest BCUT2D eigenvalue weighted by molar-refractivity contribution is 5.69. The zero-order valence-electron chi connectivity index (χ0n) is 13.0. The van der Waals surface area contributed by atoms with Crippen LogP contribution in [0.5, 0.6) is 17.2 Å². The highest BCUT2D eigenvalue weighted by atomic mass is 16.5. The minimum Gasteiger partial charge on any atom is -0.507 e. The van der Waals surface area contributed by atoms with Crippen LogP contribution in [0.15, 0.2) is 48.7 Å². The van der Waals surface area contributed by atoms with Crippen LogP contribution in [0.3, 0.4) is 0 Å². The van der Waals surface area contributed by atoms with Gasteiger partial charge in [0, 0.05) is 0 Å². The van der Waals surface area contributed by atoms with Crippen LogP contribution >= 0.6 is 0 Å². The molecule has 5 heteroatoms. The number of ether oxygens (including phenoxy) is 2. The number of rotatable bonds is 5. The number of imidazole rings is 1. The lowest BCUT2D eigenvalue weighted by atomic mass is 10.1. The number of nitrogens with one attached hydrogen (secondary N) is 1. The fourth-order valence-corrected chi connectivity index (χ4v) is 2.33. The normalized spacial score (nSPS) is 10.5. The Labute approximate surface area is 134 Å². The van der Waals surface area contributed by atoms with E-state index in [1.807, 2.05) is 31.2 Å². The van der Waals surface area contributed by atoms with E-state index in [0.717, 1.165) is 17.0 Å². The molecule has 3 rings (SSSR count). The number of aromatic hydroxyl groups is 1. The molecule has 0 aliphatic carbocycles. The highest BCUT2D eigenvalue weighted by Gasteiger charge is 2.11. The van der Waals surface area contributed by atoms with Crippen LogP contribution in [0.1, 0.15) is 6.92 Å². The first-order valence-electron chi connectivity index (χ1n) is 7.37. The summed E-state index contributed by atoms with van der Waals surface area (Å²) in [4.78, 5) is 7.58. The molecule has 0 radical (unpaired) electrons. The van der Waals surface area contributed by atoms with Crippen LogP contribution in [0.25, 0.3) is 22.6 Å². The number of aromatic amines is 1. The Hall–Kier alpha value is -2.95. The van der Waals surface area contributed by atoms with E-state index in [-0.39, 0.29) is 5.75 Å². The van der Waals surface area contributed by atoms with Gasteiger partial charge < -0.3 is 19.6 Å². The predicted molar refractivity (Wildman–Crippen MR) is 88.8 cm³/mol. The first-order chi connectivity index (χ1) is 11.2. The fourth-order valence-electron chi connectivity index (χ4n) is 2.33. The molecule has 0 unspecified atom stereocenters. The third kappa shape index (κ3) is 3.13. The topological polar surface area (TPSA) is 67.4 Å². The summed E-state index contributed by atoms with van der Waals surface area (Å²) in [6, 6.07) is 12.8. The molecule has 23 heavy (non-hydrogen) atoms. The van der Waals surface area contributed by atoms with Crippen molar-refractivity contribution in [3.8, 4) is 39.9 Å². The molecule has 1 heterocycles. The zero-order valence-corrected chi connectivity index (χ0v) is 13.0. The van der Waals surface area contributed by atoms with Gasteiger partial charge in [-0.05, 0) is 55.0 Å². The molecular formula is C18H18N2O3. The van der Waals surface area contributed by atoms with Crippen LogP contribution in [-0.2, 0) is 0 Å². The Morgan fingerprint density at radius 3 is 2.52 bits per heavy atom. The average molecular weight is 310 g/mol. The quantitative estimate of drug-likeness (QED) is 0.751. The zero-order chi connectivity index (χ0) is 16.2. The van der Waals surface area contributed by atoms with E-state index in [2.05, 4.69) is 9.97 Å². The molecule has 2 aromatic carbocycles. The molecule has 0 bridgehead atoms. The lowest BCUT2D eigenvalue weighted by Gasteiger charge is -2.05. The number of phenols is 1. The summed E-state index contributed by atoms with van der Waals surface area (Å²) >= 11 is 0. The molecule has 3 aromatic rings. The third-order valence-electron chi connectivity index (χ3n) is 3.51. The molecule has 0 saturated heterocycles. The van der Waals surface area contributed by atoms with Gasteiger partial charge in [-0.2, -0.15) is 0 Å². The van der Waals surface area contributed by atoms with Crippen LogP contribution in [0.2, 0.25) is 0 Å². The Morgan fingerprint density at radius 1 is 1.09 bits per heavy atom. The van der Waals surface area contributed by atoms with Gasteiger partial charge in [0.2, 0.25) is 0 Å². The number of nitrogens with zero attached hydrogens (tertiary/aromatic N) is 1. The Morgan fingerprint density at radius 2 is 1.83 bits per heavy atom. The van der Waals surface area contributed by atoms with Crippen LogP contribution in [-0.4, -0.2) is 28.8 Å². The van der Waals surface area contributed by atoms with E-state index in [1.165, 1.54) is 0 Å². The van der Waals surface area contributed by atoms with Crippen molar-refractivity contribution in [2.75, 3.05) is 13.7 Å². The van der Waals surface area contributed by atoms with Crippen molar-refractivity contribution in [2.24, 2.45) is 0 Å². The maximum absolute atomic E-state index is 10.0. The van der Waals surface area contributed by atoms with Crippen LogP contribution in [0.4, 0.5) is 0 Å². The number of hydrogen-bond acceptors (Lipinski definition) is 4. The molecule has 118 valence electrons. The standard InChI is InChI=1S/C18H18N2O3/c1-3-23-13-6-4-12(5-7-13)16-11-19-18(20-16)15-10-14(22-2)8-9-17(15)21/h4-11,21H,3H2,1-2H3,(H,19,20). The fraction of sp³-hybridized carbons (Fsp3) is 0.167. The predicted octanol–water partition coefficient (Wildman–Crippen LogP) is 3.86. The van der Waals surface area contributed by atoms with E-state index in [1.54, 1.807) is 31.5 Å². The summed E-state index contributed by atoms with van der Waals surface area (Å²) in [6.45, 7) is 2.60. The van der Waals surface area contributed by atoms with Crippen molar-refractivity contribution >= 4 is 0 Å². The second kappa shape index (κ2) is 6.44. The molecule has 1 aromatic heterocycles. The second-order valence-electron chi connectivity index (χ2n) is 4.99. The van der Waals surface area contributed by atoms with E-state index >= 15 is 0 Å². The number of hydrogen-bond donors (Lipinski definition) is 2. The van der Waals surface area contributed by atoms with Crippen LogP contribution < -0.4 is 9.47 Å². The van der Waals surface area contributed by atoms with Gasteiger partial charge in [-0.25, -0.2) is 4.98 Å². The summed E-state index contributed by atoms with van der Waals surface area (Å²) in [5.74, 6) is 2.24. The summed E-state index contributed by atoms with van der Waals surface area (Å²) in [7, 11) is 1.59. The van der Waals surface area contributed by atoms with Gasteiger partial charge in [0.25, 0.3) is 0 Å². The van der Waals surface area contributed by atoms with Crippen LogP contribution in [0, 0.1) is 0 Å². The number of phenolic OH excluding ortho intramolecular Hbond substituents is 1. The number of benzene rings is 2. The van der Waals surface area contributed by atoms with Crippen molar-refractivity contribution in [1.82, 2.24) is 9.97 Å². The smallest absolute Gasteiger partial charge is 0.141 e. The average Bonchev–Trinajstić information content (AvgIpc) is 3.06. The summed E-state index contributed by atoms with van der Waals surface area (Å²) in [6.07, 6.45) is 1.74. The molecule has 2 N–H and O–H groups in total.